The molecule has 0 fully saturated rings. The Morgan fingerprint density at radius 3 is 1.74 bits per heavy atom. The molecule has 0 N–H and O–H groups in total. The van der Waals surface area contributed by atoms with Gasteiger partial charge in [0.1, 0.15) is 0 Å². The molecule has 0 bridgehead atoms. The van der Waals surface area contributed by atoms with E-state index in [0.717, 1.165) is 0 Å². The highest BCUT2D eigenvalue weighted by molar-refractivity contribution is 5.82. The molecule has 0 saturated carbocycles. The maximum Gasteiger partial charge on any atom is 0.0171 e. The molecule has 2 aromatic rings. The summed E-state index contributed by atoms with van der Waals surface area (Å²) < 4.78 is 0. The Morgan fingerprint density at radius 1 is 0.742 bits per heavy atom. The molecule has 0 aromatic heterocycles. The summed E-state index contributed by atoms with van der Waals surface area (Å²) in [6.45, 7) is 18.7. The smallest absolute Gasteiger partial charge is 0.0171 e. The largest absolute Gasteiger partial charge is 0.0802 e. The van der Waals surface area contributed by atoms with E-state index in [1.165, 1.54) is 52.6 Å². The highest BCUT2D eigenvalue weighted by Gasteiger charge is 2.40. The zero-order chi connectivity index (χ0) is 22.3. The van der Waals surface area contributed by atoms with Gasteiger partial charge in [-0.05, 0) is 99.9 Å². The molecule has 3 aliphatic carbocycles. The van der Waals surface area contributed by atoms with Crippen molar-refractivity contribution >= 4 is 0 Å². The molecule has 2 aromatic carbocycles. The summed E-state index contributed by atoms with van der Waals surface area (Å²) >= 11 is 0. The third kappa shape index (κ3) is 3.17. The molecular formula is C31H38. The number of aryl methyl sites for hydroxylation is 2. The summed E-state index contributed by atoms with van der Waals surface area (Å²) in [6, 6.07) is 10.2. The van der Waals surface area contributed by atoms with E-state index in [0.29, 0.717) is 11.8 Å². The molecule has 5 rings (SSSR count). The number of hydrogen-bond donors (Lipinski definition) is 0. The topological polar surface area (TPSA) is 0 Å². The summed E-state index contributed by atoms with van der Waals surface area (Å²) in [4.78, 5) is 0. The predicted molar refractivity (Wildman–Crippen MR) is 134 cm³/mol. The zero-order valence-corrected chi connectivity index (χ0v) is 20.7. The van der Waals surface area contributed by atoms with E-state index < -0.39 is 0 Å². The van der Waals surface area contributed by atoms with Gasteiger partial charge in [-0.15, -0.1) is 0 Å². The molecule has 31 heavy (non-hydrogen) atoms. The standard InChI is InChI=1S/C31H38/c1-18-14-25-23(16-27(18)30(3,4)5)24-17-28(31(6,7)8)19(2)15-26(24)29(25)22-13-12-20-10-9-11-21(20)22/h9,11,14-17,22,29H,10,12-13H2,1-8H3. The third-order valence-electron chi connectivity index (χ3n) is 8.00. The molecule has 0 spiro atoms. The Hall–Kier alpha value is -2.08. The fourth-order valence-electron chi connectivity index (χ4n) is 6.69. The zero-order valence-electron chi connectivity index (χ0n) is 20.7. The molecule has 162 valence electrons. The van der Waals surface area contributed by atoms with Crippen LogP contribution in [0, 0.1) is 19.8 Å². The number of allylic oxidation sites excluding steroid dienone is 4. The Morgan fingerprint density at radius 2 is 1.26 bits per heavy atom. The second kappa shape index (κ2) is 6.71. The van der Waals surface area contributed by atoms with Crippen LogP contribution in [0.1, 0.15) is 100 Å². The average molecular weight is 411 g/mol. The minimum atomic E-state index is 0.159. The Bertz CT molecular complexity index is 1070. The molecular weight excluding hydrogens is 372 g/mol. The molecule has 0 heteroatoms. The molecule has 0 nitrogen and oxygen atoms in total. The van der Waals surface area contributed by atoms with Gasteiger partial charge in [0, 0.05) is 5.92 Å². The number of benzene rings is 2. The minimum Gasteiger partial charge on any atom is -0.0802 e. The first kappa shape index (κ1) is 20.8. The van der Waals surface area contributed by atoms with Crippen LogP contribution in [-0.4, -0.2) is 0 Å². The van der Waals surface area contributed by atoms with E-state index >= 15 is 0 Å². The van der Waals surface area contributed by atoms with Crippen molar-refractivity contribution in [2.45, 2.75) is 91.4 Å². The molecule has 1 atom stereocenters. The molecule has 0 radical (unpaired) electrons. The second-order valence-electron chi connectivity index (χ2n) is 12.3. The maximum atomic E-state index is 2.55. The van der Waals surface area contributed by atoms with Gasteiger partial charge in [-0.25, -0.2) is 0 Å². The normalized spacial score (nSPS) is 20.5. The van der Waals surface area contributed by atoms with Gasteiger partial charge in [-0.2, -0.15) is 0 Å². The molecule has 0 aliphatic heterocycles. The fourth-order valence-corrected chi connectivity index (χ4v) is 6.69. The van der Waals surface area contributed by atoms with Gasteiger partial charge in [-0.1, -0.05) is 83.5 Å². The van der Waals surface area contributed by atoms with Crippen molar-refractivity contribution in [2.75, 3.05) is 0 Å². The van der Waals surface area contributed by atoms with Crippen molar-refractivity contribution < 1.29 is 0 Å². The Balaban J connectivity index is 1.77. The average Bonchev–Trinajstić information content (AvgIpc) is 3.31. The first-order valence-corrected chi connectivity index (χ1v) is 12.2. The lowest BCUT2D eigenvalue weighted by Gasteiger charge is -2.27. The Labute approximate surface area is 189 Å². The van der Waals surface area contributed by atoms with Crippen molar-refractivity contribution in [2.24, 2.45) is 5.92 Å². The molecule has 0 saturated heterocycles. The van der Waals surface area contributed by atoms with Crippen molar-refractivity contribution in [3.05, 3.63) is 80.9 Å². The van der Waals surface area contributed by atoms with Crippen LogP contribution in [0.2, 0.25) is 0 Å². The fraction of sp³-hybridized carbons (Fsp3) is 0.484. The third-order valence-corrected chi connectivity index (χ3v) is 8.00. The van der Waals surface area contributed by atoms with Crippen molar-refractivity contribution in [3.63, 3.8) is 0 Å². The summed E-state index contributed by atoms with van der Waals surface area (Å²) in [5.41, 5.74) is 15.7. The van der Waals surface area contributed by atoms with E-state index in [1.807, 2.05) is 0 Å². The summed E-state index contributed by atoms with van der Waals surface area (Å²) in [6.07, 6.45) is 8.60. The molecule has 0 heterocycles. The molecule has 0 amide bonds. The first-order chi connectivity index (χ1) is 14.5. The van der Waals surface area contributed by atoms with Crippen LogP contribution < -0.4 is 0 Å². The van der Waals surface area contributed by atoms with Crippen LogP contribution >= 0.6 is 0 Å². The number of fused-ring (bicyclic) bond motifs is 3. The monoisotopic (exact) mass is 410 g/mol. The molecule has 1 unspecified atom stereocenters. The van der Waals surface area contributed by atoms with E-state index in [2.05, 4.69) is 91.8 Å². The van der Waals surface area contributed by atoms with Gasteiger partial charge >= 0.3 is 0 Å². The van der Waals surface area contributed by atoms with Crippen LogP contribution in [0.4, 0.5) is 0 Å². The quantitative estimate of drug-likeness (QED) is 0.441. The number of hydrogen-bond acceptors (Lipinski definition) is 0. The first-order valence-electron chi connectivity index (χ1n) is 12.2. The van der Waals surface area contributed by atoms with E-state index in [4.69, 9.17) is 0 Å². The SMILES string of the molecule is Cc1cc2c(cc1C(C)(C)C)-c1cc(C(C)(C)C)c(C)cc1C2C1CCC2=C1C=CC2. The Kier molecular flexibility index (Phi) is 4.50. The van der Waals surface area contributed by atoms with Crippen molar-refractivity contribution in [1.82, 2.24) is 0 Å². The van der Waals surface area contributed by atoms with Crippen LogP contribution in [-0.2, 0) is 10.8 Å². The lowest BCUT2D eigenvalue weighted by molar-refractivity contribution is 0.545. The summed E-state index contributed by atoms with van der Waals surface area (Å²) in [5.74, 6) is 1.13. The van der Waals surface area contributed by atoms with Gasteiger partial charge in [0.25, 0.3) is 0 Å². The van der Waals surface area contributed by atoms with Gasteiger partial charge < -0.3 is 0 Å². The van der Waals surface area contributed by atoms with Gasteiger partial charge in [0.15, 0.2) is 0 Å². The molecule has 3 aliphatic rings. The lowest BCUT2D eigenvalue weighted by atomic mass is 9.77. The van der Waals surface area contributed by atoms with Crippen LogP contribution in [0.25, 0.3) is 11.1 Å². The van der Waals surface area contributed by atoms with Crippen LogP contribution in [0.3, 0.4) is 0 Å². The van der Waals surface area contributed by atoms with Gasteiger partial charge in [0.05, 0.1) is 0 Å². The number of rotatable bonds is 1. The van der Waals surface area contributed by atoms with E-state index in [9.17, 15) is 0 Å². The minimum absolute atomic E-state index is 0.159. The van der Waals surface area contributed by atoms with E-state index in [-0.39, 0.29) is 10.8 Å². The highest BCUT2D eigenvalue weighted by Crippen LogP contribution is 2.56. The van der Waals surface area contributed by atoms with Gasteiger partial charge in [0.2, 0.25) is 0 Å². The van der Waals surface area contributed by atoms with Crippen LogP contribution in [0.5, 0.6) is 0 Å². The van der Waals surface area contributed by atoms with Crippen molar-refractivity contribution in [1.29, 1.82) is 0 Å². The van der Waals surface area contributed by atoms with Crippen molar-refractivity contribution in [3.8, 4) is 11.1 Å². The second-order valence-corrected chi connectivity index (χ2v) is 12.3. The highest BCUT2D eigenvalue weighted by atomic mass is 14.4. The summed E-state index contributed by atoms with van der Waals surface area (Å²) in [7, 11) is 0. The lowest BCUT2D eigenvalue weighted by Crippen LogP contribution is -2.15. The van der Waals surface area contributed by atoms with E-state index in [1.54, 1.807) is 22.3 Å². The predicted octanol–water partition coefficient (Wildman–Crippen LogP) is 8.68. The van der Waals surface area contributed by atoms with Crippen LogP contribution in [0.15, 0.2) is 47.6 Å². The summed E-state index contributed by atoms with van der Waals surface area (Å²) in [5, 5.41) is 0. The maximum absolute atomic E-state index is 2.55. The van der Waals surface area contributed by atoms with Gasteiger partial charge in [-0.3, -0.25) is 0 Å².